The topological polar surface area (TPSA) is 163 Å². The molecule has 4 atom stereocenters. The van der Waals surface area contributed by atoms with Gasteiger partial charge in [-0.3, -0.25) is 19.2 Å². The Kier molecular flexibility index (Phi) is 5.41. The van der Waals surface area contributed by atoms with Crippen LogP contribution in [0.4, 0.5) is 21.8 Å². The Morgan fingerprint density at radius 3 is 2.80 bits per heavy atom. The minimum Gasteiger partial charge on any atom is -0.404 e. The van der Waals surface area contributed by atoms with Crippen molar-refractivity contribution in [1.82, 2.24) is 9.97 Å². The molecule has 1 fully saturated rings. The van der Waals surface area contributed by atoms with Gasteiger partial charge in [-0.1, -0.05) is 0 Å². The summed E-state index contributed by atoms with van der Waals surface area (Å²) < 4.78 is 35.1. The number of nitrogen functional groups attached to an aromatic ring is 1. The van der Waals surface area contributed by atoms with Gasteiger partial charge in [0, 0.05) is 18.6 Å². The first-order valence-corrected chi connectivity index (χ1v) is 10.7. The second-order valence-corrected chi connectivity index (χ2v) is 8.55. The van der Waals surface area contributed by atoms with Crippen molar-refractivity contribution < 1.29 is 28.0 Å². The van der Waals surface area contributed by atoms with Crippen molar-refractivity contribution in [3.05, 3.63) is 40.4 Å². The number of aliphatic hydroxyl groups excluding tert-OH is 1. The Bertz CT molecular complexity index is 1030. The lowest BCUT2D eigenvalue weighted by Gasteiger charge is -2.48. The van der Waals surface area contributed by atoms with Crippen LogP contribution in [0.3, 0.4) is 0 Å². The van der Waals surface area contributed by atoms with Crippen LogP contribution in [0.1, 0.15) is 6.42 Å². The van der Waals surface area contributed by atoms with Crippen molar-refractivity contribution in [3.63, 3.8) is 0 Å². The monoisotopic (exact) mass is 441 g/mol. The van der Waals surface area contributed by atoms with Crippen LogP contribution in [-0.2, 0) is 9.09 Å². The second-order valence-electron chi connectivity index (χ2n) is 7.17. The number of rotatable bonds is 7. The van der Waals surface area contributed by atoms with Gasteiger partial charge in [-0.25, -0.2) is 8.96 Å². The Balaban J connectivity index is 1.38. The molecule has 2 heterocycles. The average Bonchev–Trinajstić information content (AvgIpc) is 3.06. The summed E-state index contributed by atoms with van der Waals surface area (Å²) in [5, 5.41) is 12.8. The van der Waals surface area contributed by atoms with Crippen LogP contribution in [0.2, 0.25) is 0 Å². The molecule has 6 N–H and O–H groups in total. The standard InChI is InChI=1S/C17H21FN5O6P/c18-10-1-3-11(4-2-10)29-30(26,27)28-7-9-5-13(12(9)6-24)23-8-20-14-15(23)21-17(19)22-16(14)25/h1-4,9,12-13,20,24H,5-8H2,(H,26,27)(H3,19,21,22,25)/t9-,12-,13-/m1/s1. The van der Waals surface area contributed by atoms with E-state index in [0.29, 0.717) is 24.6 Å². The number of benzene rings is 1. The van der Waals surface area contributed by atoms with E-state index in [2.05, 4.69) is 15.3 Å². The molecule has 11 nitrogen and oxygen atoms in total. The number of nitrogens with two attached hydrogens (primary N) is 1. The Morgan fingerprint density at radius 2 is 2.10 bits per heavy atom. The van der Waals surface area contributed by atoms with Crippen LogP contribution in [0, 0.1) is 17.7 Å². The predicted molar refractivity (Wildman–Crippen MR) is 106 cm³/mol. The van der Waals surface area contributed by atoms with E-state index >= 15 is 0 Å². The lowest BCUT2D eigenvalue weighted by atomic mass is 9.69. The van der Waals surface area contributed by atoms with E-state index in [9.17, 15) is 23.7 Å². The van der Waals surface area contributed by atoms with Crippen molar-refractivity contribution in [2.45, 2.75) is 12.5 Å². The van der Waals surface area contributed by atoms with Crippen molar-refractivity contribution in [2.75, 3.05) is 35.8 Å². The quantitative estimate of drug-likeness (QED) is 0.390. The Morgan fingerprint density at radius 1 is 1.37 bits per heavy atom. The molecule has 0 amide bonds. The fraction of sp³-hybridized carbons (Fsp3) is 0.412. The number of H-pyrrole nitrogens is 1. The van der Waals surface area contributed by atoms with Gasteiger partial charge in [0.15, 0.2) is 5.82 Å². The summed E-state index contributed by atoms with van der Waals surface area (Å²) in [6.45, 7) is 0.0310. The first-order chi connectivity index (χ1) is 14.3. The van der Waals surface area contributed by atoms with Gasteiger partial charge in [-0.15, -0.1) is 0 Å². The molecule has 0 bridgehead atoms. The van der Waals surface area contributed by atoms with Gasteiger partial charge in [-0.05, 0) is 36.6 Å². The summed E-state index contributed by atoms with van der Waals surface area (Å²) in [6, 6.07) is 4.48. The number of phosphoric ester groups is 1. The highest BCUT2D eigenvalue weighted by atomic mass is 31.2. The number of phosphoric acid groups is 1. The summed E-state index contributed by atoms with van der Waals surface area (Å²) in [7, 11) is -4.42. The number of hydrogen-bond acceptors (Lipinski definition) is 9. The number of nitrogens with zero attached hydrogens (tertiary/aromatic N) is 2. The van der Waals surface area contributed by atoms with Gasteiger partial charge in [0.25, 0.3) is 5.56 Å². The number of fused-ring (bicyclic) bond motifs is 1. The van der Waals surface area contributed by atoms with Crippen molar-refractivity contribution in [2.24, 2.45) is 11.8 Å². The number of anilines is 3. The number of aromatic amines is 1. The van der Waals surface area contributed by atoms with E-state index in [1.54, 1.807) is 0 Å². The maximum Gasteiger partial charge on any atom is 0.527 e. The largest absolute Gasteiger partial charge is 0.527 e. The summed E-state index contributed by atoms with van der Waals surface area (Å²) >= 11 is 0. The molecular weight excluding hydrogens is 420 g/mol. The summed E-state index contributed by atoms with van der Waals surface area (Å²) in [6.07, 6.45) is 0.539. The number of halogens is 1. The fourth-order valence-corrected chi connectivity index (χ4v) is 4.62. The molecule has 0 radical (unpaired) electrons. The van der Waals surface area contributed by atoms with Crippen molar-refractivity contribution in [3.8, 4) is 5.75 Å². The third kappa shape index (κ3) is 3.99. The Labute approximate surface area is 170 Å². The van der Waals surface area contributed by atoms with Gasteiger partial charge in [-0.2, -0.15) is 4.98 Å². The molecule has 2 aliphatic rings. The zero-order valence-corrected chi connectivity index (χ0v) is 16.6. The number of aromatic nitrogens is 2. The predicted octanol–water partition coefficient (Wildman–Crippen LogP) is 0.874. The van der Waals surface area contributed by atoms with Crippen LogP contribution in [0.15, 0.2) is 29.1 Å². The number of hydrogen-bond donors (Lipinski definition) is 5. The first-order valence-electron chi connectivity index (χ1n) is 9.21. The average molecular weight is 441 g/mol. The molecule has 13 heteroatoms. The summed E-state index contributed by atoms with van der Waals surface area (Å²) in [4.78, 5) is 30.3. The van der Waals surface area contributed by atoms with E-state index in [4.69, 9.17) is 14.8 Å². The normalized spacial score (nSPS) is 24.5. The zero-order chi connectivity index (χ0) is 21.5. The van der Waals surface area contributed by atoms with Crippen LogP contribution in [0.25, 0.3) is 0 Å². The van der Waals surface area contributed by atoms with E-state index in [1.807, 2.05) is 4.90 Å². The Hall–Kier alpha value is -2.66. The molecule has 1 aromatic carbocycles. The van der Waals surface area contributed by atoms with Crippen LogP contribution >= 0.6 is 7.82 Å². The van der Waals surface area contributed by atoms with Gasteiger partial charge in [0.1, 0.15) is 17.3 Å². The highest BCUT2D eigenvalue weighted by Gasteiger charge is 2.47. The van der Waals surface area contributed by atoms with Crippen LogP contribution < -0.4 is 26.0 Å². The zero-order valence-electron chi connectivity index (χ0n) is 15.7. The smallest absolute Gasteiger partial charge is 0.404 e. The maximum absolute atomic E-state index is 12.9. The highest BCUT2D eigenvalue weighted by molar-refractivity contribution is 7.47. The van der Waals surface area contributed by atoms with Gasteiger partial charge in [0.2, 0.25) is 5.95 Å². The van der Waals surface area contributed by atoms with Crippen LogP contribution in [0.5, 0.6) is 5.75 Å². The molecular formula is C17H21FN5O6P. The van der Waals surface area contributed by atoms with E-state index < -0.39 is 13.6 Å². The van der Waals surface area contributed by atoms with Gasteiger partial charge >= 0.3 is 7.82 Å². The summed E-state index contributed by atoms with van der Waals surface area (Å²) in [5.74, 6) is -0.580. The van der Waals surface area contributed by atoms with Gasteiger partial charge < -0.3 is 25.6 Å². The van der Waals surface area contributed by atoms with E-state index in [-0.39, 0.29) is 48.3 Å². The number of aliphatic hydroxyl groups is 1. The third-order valence-corrected chi connectivity index (χ3v) is 6.28. The van der Waals surface area contributed by atoms with E-state index in [0.717, 1.165) is 12.1 Å². The third-order valence-electron chi connectivity index (χ3n) is 5.36. The van der Waals surface area contributed by atoms with E-state index in [1.165, 1.54) is 12.1 Å². The molecule has 4 rings (SSSR count). The minimum absolute atomic E-state index is 0.000982. The molecule has 1 aromatic heterocycles. The molecule has 1 aliphatic carbocycles. The molecule has 1 unspecified atom stereocenters. The molecule has 0 spiro atoms. The second kappa shape index (κ2) is 7.88. The maximum atomic E-state index is 12.9. The lowest BCUT2D eigenvalue weighted by Crippen LogP contribution is -2.55. The SMILES string of the molecule is Nc1nc2c(c(=O)[nH]1)NCN2[C@@H]1C[C@H](COP(=O)(O)Oc2ccc(F)cc2)[C@H]1CO. The van der Waals surface area contributed by atoms with Crippen molar-refractivity contribution >= 4 is 25.3 Å². The molecule has 162 valence electrons. The molecule has 2 aromatic rings. The number of nitrogens with one attached hydrogen (secondary N) is 2. The minimum atomic E-state index is -4.42. The highest BCUT2D eigenvalue weighted by Crippen LogP contribution is 2.48. The molecule has 1 saturated carbocycles. The lowest BCUT2D eigenvalue weighted by molar-refractivity contribution is 0.0217. The van der Waals surface area contributed by atoms with Gasteiger partial charge in [0.05, 0.1) is 13.3 Å². The van der Waals surface area contributed by atoms with Crippen LogP contribution in [-0.4, -0.2) is 45.9 Å². The molecule has 1 aliphatic heterocycles. The first kappa shape index (κ1) is 20.6. The molecule has 0 saturated heterocycles. The molecule has 30 heavy (non-hydrogen) atoms. The fourth-order valence-electron chi connectivity index (χ4n) is 3.80. The van der Waals surface area contributed by atoms with Crippen molar-refractivity contribution in [1.29, 1.82) is 0 Å². The summed E-state index contributed by atoms with van der Waals surface area (Å²) in [5.41, 5.74) is 5.57.